The minimum absolute atomic E-state index is 0.239. The molecule has 102 valence electrons. The quantitative estimate of drug-likeness (QED) is 0.796. The van der Waals surface area contributed by atoms with Crippen molar-refractivity contribution in [3.63, 3.8) is 0 Å². The zero-order chi connectivity index (χ0) is 13.4. The van der Waals surface area contributed by atoms with E-state index in [1.54, 1.807) is 12.3 Å². The molecule has 0 aliphatic carbocycles. The molecule has 6 heteroatoms. The zero-order valence-corrected chi connectivity index (χ0v) is 10.8. The second-order valence-electron chi connectivity index (χ2n) is 4.99. The van der Waals surface area contributed by atoms with Crippen LogP contribution in [0.5, 0.6) is 0 Å². The Balaban J connectivity index is 1.93. The Morgan fingerprint density at radius 3 is 2.79 bits per heavy atom. The van der Waals surface area contributed by atoms with Crippen molar-refractivity contribution in [1.82, 2.24) is 4.98 Å². The van der Waals surface area contributed by atoms with E-state index in [2.05, 4.69) is 9.88 Å². The number of rotatable bonds is 2. The van der Waals surface area contributed by atoms with Crippen LogP contribution < -0.4 is 10.6 Å². The standard InChI is InChI=1S/C13H17N3O3/c1-18-13(17)11-4-8(14)5-15-12(11)16-6-9-2-3-10(7-16)19-9/h4-5,9-10H,2-3,6-7,14H2,1H3. The Morgan fingerprint density at radius 1 is 1.47 bits per heavy atom. The predicted octanol–water partition coefficient (Wildman–Crippen LogP) is 0.818. The van der Waals surface area contributed by atoms with Gasteiger partial charge in [0.25, 0.3) is 0 Å². The van der Waals surface area contributed by atoms with Gasteiger partial charge in [0.1, 0.15) is 11.4 Å². The molecule has 3 heterocycles. The van der Waals surface area contributed by atoms with E-state index in [9.17, 15) is 4.79 Å². The zero-order valence-electron chi connectivity index (χ0n) is 10.8. The Labute approximate surface area is 111 Å². The topological polar surface area (TPSA) is 77.7 Å². The molecule has 0 amide bonds. The molecule has 2 aliphatic heterocycles. The van der Waals surface area contributed by atoms with Gasteiger partial charge in [-0.05, 0) is 18.9 Å². The largest absolute Gasteiger partial charge is 0.465 e. The molecule has 0 saturated carbocycles. The number of nitrogen functional groups attached to an aromatic ring is 1. The summed E-state index contributed by atoms with van der Waals surface area (Å²) in [4.78, 5) is 18.2. The number of ether oxygens (including phenoxy) is 2. The predicted molar refractivity (Wildman–Crippen MR) is 70.1 cm³/mol. The highest BCUT2D eigenvalue weighted by molar-refractivity contribution is 5.95. The maximum Gasteiger partial charge on any atom is 0.341 e. The molecule has 1 aromatic heterocycles. The number of carbonyl (C=O) groups is 1. The minimum Gasteiger partial charge on any atom is -0.465 e. The van der Waals surface area contributed by atoms with Crippen molar-refractivity contribution in [2.24, 2.45) is 0 Å². The van der Waals surface area contributed by atoms with Crippen molar-refractivity contribution in [1.29, 1.82) is 0 Å². The number of pyridine rings is 1. The van der Waals surface area contributed by atoms with E-state index in [0.717, 1.165) is 25.9 Å². The summed E-state index contributed by atoms with van der Waals surface area (Å²) in [6, 6.07) is 1.62. The highest BCUT2D eigenvalue weighted by Gasteiger charge is 2.35. The summed E-state index contributed by atoms with van der Waals surface area (Å²) in [5.74, 6) is 0.231. The maximum atomic E-state index is 11.8. The van der Waals surface area contributed by atoms with Crippen LogP contribution in [-0.2, 0) is 9.47 Å². The highest BCUT2D eigenvalue weighted by Crippen LogP contribution is 2.31. The average Bonchev–Trinajstić information content (AvgIpc) is 2.76. The van der Waals surface area contributed by atoms with Crippen molar-refractivity contribution in [3.8, 4) is 0 Å². The van der Waals surface area contributed by atoms with Gasteiger partial charge in [0.05, 0.1) is 31.2 Å². The molecule has 2 aliphatic rings. The summed E-state index contributed by atoms with van der Waals surface area (Å²) in [7, 11) is 1.36. The molecular weight excluding hydrogens is 246 g/mol. The van der Waals surface area contributed by atoms with Crippen LogP contribution in [0.25, 0.3) is 0 Å². The summed E-state index contributed by atoms with van der Waals surface area (Å²) in [6.45, 7) is 1.52. The number of morpholine rings is 1. The van der Waals surface area contributed by atoms with Crippen molar-refractivity contribution < 1.29 is 14.3 Å². The second kappa shape index (κ2) is 4.70. The van der Waals surface area contributed by atoms with E-state index in [0.29, 0.717) is 17.1 Å². The molecule has 2 unspecified atom stereocenters. The fourth-order valence-electron chi connectivity index (χ4n) is 2.77. The van der Waals surface area contributed by atoms with Gasteiger partial charge < -0.3 is 20.1 Å². The van der Waals surface area contributed by atoms with Crippen LogP contribution in [0.4, 0.5) is 11.5 Å². The van der Waals surface area contributed by atoms with Gasteiger partial charge in [-0.2, -0.15) is 0 Å². The fourth-order valence-corrected chi connectivity index (χ4v) is 2.77. The third kappa shape index (κ3) is 2.23. The van der Waals surface area contributed by atoms with E-state index in [1.807, 2.05) is 0 Å². The number of methoxy groups -OCH3 is 1. The lowest BCUT2D eigenvalue weighted by molar-refractivity contribution is 0.0299. The number of anilines is 2. The van der Waals surface area contributed by atoms with Crippen LogP contribution in [0.15, 0.2) is 12.3 Å². The Kier molecular flexibility index (Phi) is 3.02. The molecule has 0 spiro atoms. The van der Waals surface area contributed by atoms with Gasteiger partial charge in [-0.25, -0.2) is 9.78 Å². The van der Waals surface area contributed by atoms with Gasteiger partial charge >= 0.3 is 5.97 Å². The van der Waals surface area contributed by atoms with Gasteiger partial charge in [-0.1, -0.05) is 0 Å². The summed E-state index contributed by atoms with van der Waals surface area (Å²) < 4.78 is 10.6. The number of esters is 1. The lowest BCUT2D eigenvalue weighted by Crippen LogP contribution is -2.43. The molecule has 2 fully saturated rings. The number of carbonyl (C=O) groups excluding carboxylic acids is 1. The average molecular weight is 263 g/mol. The Hall–Kier alpha value is -1.82. The van der Waals surface area contributed by atoms with Gasteiger partial charge in [0, 0.05) is 13.1 Å². The molecule has 1 aromatic rings. The molecule has 19 heavy (non-hydrogen) atoms. The highest BCUT2D eigenvalue weighted by atomic mass is 16.5. The number of nitrogens with zero attached hydrogens (tertiary/aromatic N) is 2. The van der Waals surface area contributed by atoms with E-state index >= 15 is 0 Å². The van der Waals surface area contributed by atoms with Crippen molar-refractivity contribution in [3.05, 3.63) is 17.8 Å². The van der Waals surface area contributed by atoms with E-state index < -0.39 is 5.97 Å². The minimum atomic E-state index is -0.409. The van der Waals surface area contributed by atoms with Crippen LogP contribution in [0.1, 0.15) is 23.2 Å². The molecule has 2 saturated heterocycles. The molecule has 3 rings (SSSR count). The molecule has 2 bridgehead atoms. The van der Waals surface area contributed by atoms with Crippen molar-refractivity contribution in [2.75, 3.05) is 30.8 Å². The van der Waals surface area contributed by atoms with E-state index in [4.69, 9.17) is 15.2 Å². The first-order valence-corrected chi connectivity index (χ1v) is 6.41. The maximum absolute atomic E-state index is 11.8. The van der Waals surface area contributed by atoms with Crippen molar-refractivity contribution >= 4 is 17.5 Å². The first-order valence-electron chi connectivity index (χ1n) is 6.41. The van der Waals surface area contributed by atoms with Gasteiger partial charge in [0.15, 0.2) is 0 Å². The molecule has 2 atom stereocenters. The number of aromatic nitrogens is 1. The first kappa shape index (κ1) is 12.2. The van der Waals surface area contributed by atoms with Gasteiger partial charge in [0.2, 0.25) is 0 Å². The van der Waals surface area contributed by atoms with Crippen LogP contribution in [0.2, 0.25) is 0 Å². The fraction of sp³-hybridized carbons (Fsp3) is 0.538. The summed E-state index contributed by atoms with van der Waals surface area (Å²) in [5, 5.41) is 0. The number of fused-ring (bicyclic) bond motifs is 2. The third-order valence-electron chi connectivity index (χ3n) is 3.64. The monoisotopic (exact) mass is 263 g/mol. The summed E-state index contributed by atoms with van der Waals surface area (Å²) in [6.07, 6.45) is 4.19. The molecule has 2 N–H and O–H groups in total. The lowest BCUT2D eigenvalue weighted by Gasteiger charge is -2.33. The second-order valence-corrected chi connectivity index (χ2v) is 4.99. The number of hydrogen-bond acceptors (Lipinski definition) is 6. The van der Waals surface area contributed by atoms with E-state index in [1.165, 1.54) is 7.11 Å². The van der Waals surface area contributed by atoms with Crippen LogP contribution in [0, 0.1) is 0 Å². The molecule has 0 radical (unpaired) electrons. The summed E-state index contributed by atoms with van der Waals surface area (Å²) >= 11 is 0. The number of nitrogens with two attached hydrogens (primary N) is 1. The third-order valence-corrected chi connectivity index (χ3v) is 3.64. The van der Waals surface area contributed by atoms with Gasteiger partial charge in [-0.15, -0.1) is 0 Å². The van der Waals surface area contributed by atoms with Gasteiger partial charge in [-0.3, -0.25) is 0 Å². The number of hydrogen-bond donors (Lipinski definition) is 1. The Morgan fingerprint density at radius 2 is 2.16 bits per heavy atom. The molecule has 0 aromatic carbocycles. The molecule has 6 nitrogen and oxygen atoms in total. The van der Waals surface area contributed by atoms with Crippen LogP contribution in [-0.4, -0.2) is 43.4 Å². The van der Waals surface area contributed by atoms with E-state index in [-0.39, 0.29) is 12.2 Å². The molecular formula is C13H17N3O3. The van der Waals surface area contributed by atoms with Crippen molar-refractivity contribution in [2.45, 2.75) is 25.0 Å². The smallest absolute Gasteiger partial charge is 0.341 e. The SMILES string of the molecule is COC(=O)c1cc(N)cnc1N1CC2CCC(C1)O2. The van der Waals surface area contributed by atoms with Crippen LogP contribution >= 0.6 is 0 Å². The summed E-state index contributed by atoms with van der Waals surface area (Å²) in [5.41, 5.74) is 6.58. The normalized spacial score (nSPS) is 25.4. The Bertz CT molecular complexity index is 494. The lowest BCUT2D eigenvalue weighted by atomic mass is 10.2. The van der Waals surface area contributed by atoms with Crippen LogP contribution in [0.3, 0.4) is 0 Å². The first-order chi connectivity index (χ1) is 9.17.